The SMILES string of the molecule is CCCNCc1cnccc1N(C)Cc1ccccn1. The van der Waals surface area contributed by atoms with E-state index in [1.54, 1.807) is 0 Å². The fraction of sp³-hybridized carbons (Fsp3) is 0.375. The average molecular weight is 270 g/mol. The first-order chi connectivity index (χ1) is 9.81. The van der Waals surface area contributed by atoms with Crippen LogP contribution < -0.4 is 10.2 Å². The van der Waals surface area contributed by atoms with Crippen molar-refractivity contribution in [2.45, 2.75) is 26.4 Å². The first-order valence-electron chi connectivity index (χ1n) is 7.06. The number of nitrogens with one attached hydrogen (secondary N) is 1. The van der Waals surface area contributed by atoms with E-state index in [-0.39, 0.29) is 0 Å². The maximum atomic E-state index is 4.38. The third kappa shape index (κ3) is 4.03. The topological polar surface area (TPSA) is 41.1 Å². The van der Waals surface area contributed by atoms with Crippen molar-refractivity contribution < 1.29 is 0 Å². The van der Waals surface area contributed by atoms with E-state index < -0.39 is 0 Å². The van der Waals surface area contributed by atoms with Gasteiger partial charge in [-0.15, -0.1) is 0 Å². The lowest BCUT2D eigenvalue weighted by Crippen LogP contribution is -2.21. The van der Waals surface area contributed by atoms with Gasteiger partial charge < -0.3 is 10.2 Å². The van der Waals surface area contributed by atoms with Crippen LogP contribution in [0.25, 0.3) is 0 Å². The molecular weight excluding hydrogens is 248 g/mol. The molecule has 0 radical (unpaired) electrons. The monoisotopic (exact) mass is 270 g/mol. The maximum Gasteiger partial charge on any atom is 0.0598 e. The van der Waals surface area contributed by atoms with Crippen molar-refractivity contribution in [3.05, 3.63) is 54.1 Å². The molecule has 0 spiro atoms. The minimum atomic E-state index is 0.797. The van der Waals surface area contributed by atoms with Crippen molar-refractivity contribution in [2.24, 2.45) is 0 Å². The molecule has 2 aromatic heterocycles. The number of pyridine rings is 2. The first kappa shape index (κ1) is 14.5. The third-order valence-corrected chi connectivity index (χ3v) is 3.16. The van der Waals surface area contributed by atoms with Crippen LogP contribution in [-0.4, -0.2) is 23.6 Å². The summed E-state index contributed by atoms with van der Waals surface area (Å²) in [6, 6.07) is 8.07. The standard InChI is InChI=1S/C16H22N4/c1-3-8-17-11-14-12-18-10-7-16(14)20(2)13-15-6-4-5-9-19-15/h4-7,9-10,12,17H,3,8,11,13H2,1-2H3. The van der Waals surface area contributed by atoms with E-state index in [4.69, 9.17) is 0 Å². The molecule has 0 atom stereocenters. The number of hydrogen-bond acceptors (Lipinski definition) is 4. The van der Waals surface area contributed by atoms with Gasteiger partial charge in [0.05, 0.1) is 12.2 Å². The first-order valence-corrected chi connectivity index (χ1v) is 7.06. The summed E-state index contributed by atoms with van der Waals surface area (Å²) >= 11 is 0. The number of aromatic nitrogens is 2. The Kier molecular flexibility index (Phi) is 5.50. The highest BCUT2D eigenvalue weighted by atomic mass is 15.1. The van der Waals surface area contributed by atoms with Gasteiger partial charge in [-0.1, -0.05) is 13.0 Å². The lowest BCUT2D eigenvalue weighted by atomic mass is 10.2. The molecule has 0 saturated heterocycles. The van der Waals surface area contributed by atoms with Crippen molar-refractivity contribution in [3.63, 3.8) is 0 Å². The van der Waals surface area contributed by atoms with E-state index in [0.717, 1.165) is 31.7 Å². The lowest BCUT2D eigenvalue weighted by Gasteiger charge is -2.22. The number of hydrogen-bond donors (Lipinski definition) is 1. The van der Waals surface area contributed by atoms with Crippen molar-refractivity contribution >= 4 is 5.69 Å². The van der Waals surface area contributed by atoms with E-state index >= 15 is 0 Å². The molecule has 0 bridgehead atoms. The van der Waals surface area contributed by atoms with Crippen molar-refractivity contribution in [1.29, 1.82) is 0 Å². The zero-order chi connectivity index (χ0) is 14.2. The quantitative estimate of drug-likeness (QED) is 0.785. The molecule has 4 nitrogen and oxygen atoms in total. The van der Waals surface area contributed by atoms with Crippen molar-refractivity contribution in [3.8, 4) is 0 Å². The summed E-state index contributed by atoms with van der Waals surface area (Å²) in [5.41, 5.74) is 3.49. The molecule has 106 valence electrons. The smallest absolute Gasteiger partial charge is 0.0598 e. The van der Waals surface area contributed by atoms with E-state index in [9.17, 15) is 0 Å². The van der Waals surface area contributed by atoms with Gasteiger partial charge in [-0.3, -0.25) is 9.97 Å². The fourth-order valence-electron chi connectivity index (χ4n) is 2.15. The van der Waals surface area contributed by atoms with Crippen LogP contribution in [0.2, 0.25) is 0 Å². The molecule has 0 aromatic carbocycles. The summed E-state index contributed by atoms with van der Waals surface area (Å²) in [7, 11) is 2.09. The molecule has 0 aliphatic carbocycles. The van der Waals surface area contributed by atoms with Gasteiger partial charge in [0.1, 0.15) is 0 Å². The molecule has 20 heavy (non-hydrogen) atoms. The molecule has 2 aromatic rings. The van der Waals surface area contributed by atoms with Gasteiger partial charge in [-0.05, 0) is 31.2 Å². The van der Waals surface area contributed by atoms with Crippen LogP contribution in [0, 0.1) is 0 Å². The maximum absolute atomic E-state index is 4.38. The molecule has 0 aliphatic heterocycles. The van der Waals surface area contributed by atoms with Gasteiger partial charge in [0.25, 0.3) is 0 Å². The number of anilines is 1. The van der Waals surface area contributed by atoms with Gasteiger partial charge >= 0.3 is 0 Å². The van der Waals surface area contributed by atoms with Gasteiger partial charge in [-0.25, -0.2) is 0 Å². The van der Waals surface area contributed by atoms with Crippen LogP contribution in [0.1, 0.15) is 24.6 Å². The Morgan fingerprint density at radius 1 is 1.20 bits per heavy atom. The van der Waals surface area contributed by atoms with Crippen LogP contribution in [-0.2, 0) is 13.1 Å². The van der Waals surface area contributed by atoms with Crippen molar-refractivity contribution in [1.82, 2.24) is 15.3 Å². The zero-order valence-electron chi connectivity index (χ0n) is 12.2. The minimum Gasteiger partial charge on any atom is -0.368 e. The van der Waals surface area contributed by atoms with Crippen LogP contribution in [0.5, 0.6) is 0 Å². The highest BCUT2D eigenvalue weighted by Gasteiger charge is 2.08. The summed E-state index contributed by atoms with van der Waals surface area (Å²) in [6.45, 7) is 4.85. The van der Waals surface area contributed by atoms with E-state index in [0.29, 0.717) is 0 Å². The normalized spacial score (nSPS) is 10.5. The summed E-state index contributed by atoms with van der Waals surface area (Å²) < 4.78 is 0. The Hall–Kier alpha value is -1.94. The Labute approximate surface area is 120 Å². The lowest BCUT2D eigenvalue weighted by molar-refractivity contribution is 0.672. The molecule has 0 aliphatic rings. The van der Waals surface area contributed by atoms with E-state index in [2.05, 4.69) is 40.2 Å². The predicted octanol–water partition coefficient (Wildman–Crippen LogP) is 2.61. The fourth-order valence-corrected chi connectivity index (χ4v) is 2.15. The summed E-state index contributed by atoms with van der Waals surface area (Å²) in [4.78, 5) is 10.8. The summed E-state index contributed by atoms with van der Waals surface area (Å²) in [5.74, 6) is 0. The van der Waals surface area contributed by atoms with Crippen molar-refractivity contribution in [2.75, 3.05) is 18.5 Å². The zero-order valence-corrected chi connectivity index (χ0v) is 12.2. The van der Waals surface area contributed by atoms with Gasteiger partial charge in [-0.2, -0.15) is 0 Å². The molecule has 1 N–H and O–H groups in total. The molecule has 0 saturated carbocycles. The molecule has 4 heteroatoms. The Bertz CT molecular complexity index is 513. The van der Waals surface area contributed by atoms with Gasteiger partial charge in [0, 0.05) is 43.4 Å². The second-order valence-corrected chi connectivity index (χ2v) is 4.86. The van der Waals surface area contributed by atoms with Crippen LogP contribution in [0.4, 0.5) is 5.69 Å². The van der Waals surface area contributed by atoms with Crippen LogP contribution in [0.15, 0.2) is 42.9 Å². The Morgan fingerprint density at radius 2 is 2.10 bits per heavy atom. The largest absolute Gasteiger partial charge is 0.368 e. The molecular formula is C16H22N4. The number of rotatable bonds is 7. The highest BCUT2D eigenvalue weighted by molar-refractivity contribution is 5.51. The molecule has 0 fully saturated rings. The summed E-state index contributed by atoms with van der Waals surface area (Å²) in [6.07, 6.45) is 6.75. The highest BCUT2D eigenvalue weighted by Crippen LogP contribution is 2.19. The van der Waals surface area contributed by atoms with Crippen LogP contribution in [0.3, 0.4) is 0 Å². The molecule has 2 rings (SSSR count). The Morgan fingerprint density at radius 3 is 2.85 bits per heavy atom. The average Bonchev–Trinajstić information content (AvgIpc) is 2.49. The molecule has 2 heterocycles. The third-order valence-electron chi connectivity index (χ3n) is 3.16. The minimum absolute atomic E-state index is 0.797. The van der Waals surface area contributed by atoms with E-state index in [1.807, 2.05) is 36.8 Å². The van der Waals surface area contributed by atoms with E-state index in [1.165, 1.54) is 11.3 Å². The van der Waals surface area contributed by atoms with Gasteiger partial charge in [0.2, 0.25) is 0 Å². The molecule has 0 amide bonds. The Balaban J connectivity index is 2.07. The number of nitrogens with zero attached hydrogens (tertiary/aromatic N) is 3. The van der Waals surface area contributed by atoms with Crippen LogP contribution >= 0.6 is 0 Å². The second-order valence-electron chi connectivity index (χ2n) is 4.86. The molecule has 0 unspecified atom stereocenters. The van der Waals surface area contributed by atoms with Gasteiger partial charge in [0.15, 0.2) is 0 Å². The second kappa shape index (κ2) is 7.60. The predicted molar refractivity (Wildman–Crippen MR) is 82.6 cm³/mol. The summed E-state index contributed by atoms with van der Waals surface area (Å²) in [5, 5.41) is 3.43.